The molecule has 1 amide bonds. The molecule has 1 aliphatic carbocycles. The molecular weight excluding hydrogens is 228 g/mol. The van der Waals surface area contributed by atoms with Gasteiger partial charge >= 0.3 is 0 Å². The summed E-state index contributed by atoms with van der Waals surface area (Å²) in [5, 5.41) is 4.88. The van der Waals surface area contributed by atoms with Crippen LogP contribution in [0.2, 0.25) is 0 Å². The van der Waals surface area contributed by atoms with Crippen LogP contribution in [0, 0.1) is 5.92 Å². The third-order valence-corrected chi connectivity index (χ3v) is 4.45. The number of rotatable bonds is 4. The quantitative estimate of drug-likeness (QED) is 0.762. The van der Waals surface area contributed by atoms with Crippen LogP contribution in [0.5, 0.6) is 0 Å². The van der Waals surface area contributed by atoms with E-state index in [0.717, 1.165) is 13.0 Å². The highest BCUT2D eigenvalue weighted by atomic mass is 32.2. The van der Waals surface area contributed by atoms with Crippen molar-refractivity contribution in [1.29, 1.82) is 0 Å². The molecule has 2 atom stereocenters. The maximum absolute atomic E-state index is 11.7. The van der Waals surface area contributed by atoms with Crippen LogP contribution in [0.15, 0.2) is 0 Å². The van der Waals surface area contributed by atoms with Gasteiger partial charge in [0, 0.05) is 19.0 Å². The number of likely N-dealkylation sites (tertiary alicyclic amines) is 1. The molecule has 2 aliphatic rings. The zero-order valence-electron chi connectivity index (χ0n) is 9.26. The van der Waals surface area contributed by atoms with Gasteiger partial charge in [-0.25, -0.2) is 13.6 Å². The van der Waals surface area contributed by atoms with Crippen LogP contribution in [0.25, 0.3) is 0 Å². The average Bonchev–Trinajstić information content (AvgIpc) is 2.45. The van der Waals surface area contributed by atoms with Crippen LogP contribution in [0.3, 0.4) is 0 Å². The molecule has 2 rings (SSSR count). The summed E-state index contributed by atoms with van der Waals surface area (Å²) in [4.78, 5) is 13.6. The molecule has 2 fully saturated rings. The van der Waals surface area contributed by atoms with E-state index in [1.165, 1.54) is 12.8 Å². The average molecular weight is 246 g/mol. The van der Waals surface area contributed by atoms with Crippen molar-refractivity contribution < 1.29 is 13.2 Å². The predicted octanol–water partition coefficient (Wildman–Crippen LogP) is 0.0660. The number of carbonyl (C=O) groups is 1. The number of primary sulfonamides is 1. The van der Waals surface area contributed by atoms with E-state index in [1.807, 2.05) is 4.90 Å². The van der Waals surface area contributed by atoms with Gasteiger partial charge < -0.3 is 4.90 Å². The Morgan fingerprint density at radius 2 is 2.12 bits per heavy atom. The SMILES string of the molecule is NS(=O)(=O)CCCC(=O)N1C[C@@H]2CCC[C@@H]21. The molecule has 0 aromatic heterocycles. The molecule has 2 N–H and O–H groups in total. The molecule has 1 aliphatic heterocycles. The second kappa shape index (κ2) is 4.33. The molecule has 0 radical (unpaired) electrons. The molecule has 0 spiro atoms. The summed E-state index contributed by atoms with van der Waals surface area (Å²) < 4.78 is 21.4. The molecule has 1 saturated heterocycles. The summed E-state index contributed by atoms with van der Waals surface area (Å²) in [7, 11) is -3.42. The highest BCUT2D eigenvalue weighted by Crippen LogP contribution is 2.39. The zero-order chi connectivity index (χ0) is 11.8. The first-order valence-electron chi connectivity index (χ1n) is 5.77. The molecule has 0 aromatic rings. The van der Waals surface area contributed by atoms with Crippen molar-refractivity contribution in [2.24, 2.45) is 11.1 Å². The van der Waals surface area contributed by atoms with Gasteiger partial charge in [-0.2, -0.15) is 0 Å². The Morgan fingerprint density at radius 3 is 2.75 bits per heavy atom. The van der Waals surface area contributed by atoms with Gasteiger partial charge in [0.15, 0.2) is 0 Å². The van der Waals surface area contributed by atoms with E-state index in [4.69, 9.17) is 5.14 Å². The topological polar surface area (TPSA) is 80.5 Å². The van der Waals surface area contributed by atoms with E-state index < -0.39 is 10.0 Å². The predicted molar refractivity (Wildman–Crippen MR) is 60.1 cm³/mol. The summed E-state index contributed by atoms with van der Waals surface area (Å²) in [6.45, 7) is 0.874. The van der Waals surface area contributed by atoms with Crippen molar-refractivity contribution in [3.63, 3.8) is 0 Å². The Balaban J connectivity index is 1.73. The van der Waals surface area contributed by atoms with E-state index in [9.17, 15) is 13.2 Å². The number of hydrogen-bond acceptors (Lipinski definition) is 3. The third kappa shape index (κ3) is 2.55. The molecule has 92 valence electrons. The Labute approximate surface area is 96.0 Å². The summed E-state index contributed by atoms with van der Waals surface area (Å²) in [5.41, 5.74) is 0. The van der Waals surface area contributed by atoms with E-state index in [-0.39, 0.29) is 11.7 Å². The van der Waals surface area contributed by atoms with Crippen molar-refractivity contribution in [2.75, 3.05) is 12.3 Å². The summed E-state index contributed by atoms with van der Waals surface area (Å²) in [6, 6.07) is 0.446. The maximum atomic E-state index is 11.7. The number of nitrogens with zero attached hydrogens (tertiary/aromatic N) is 1. The number of fused-ring (bicyclic) bond motifs is 1. The molecule has 0 bridgehead atoms. The molecular formula is C10H18N2O3S. The third-order valence-electron chi connectivity index (χ3n) is 3.59. The minimum absolute atomic E-state index is 0.0896. The van der Waals surface area contributed by atoms with Gasteiger partial charge in [-0.05, 0) is 25.2 Å². The first kappa shape index (κ1) is 11.9. The Kier molecular flexibility index (Phi) is 3.21. The molecule has 16 heavy (non-hydrogen) atoms. The summed E-state index contributed by atoms with van der Waals surface area (Å²) in [6.07, 6.45) is 4.22. The first-order chi connectivity index (χ1) is 7.47. The lowest BCUT2D eigenvalue weighted by molar-refractivity contribution is -0.142. The Morgan fingerprint density at radius 1 is 1.38 bits per heavy atom. The van der Waals surface area contributed by atoms with Gasteiger partial charge in [0.2, 0.25) is 15.9 Å². The number of nitrogens with two attached hydrogens (primary N) is 1. The monoisotopic (exact) mass is 246 g/mol. The maximum Gasteiger partial charge on any atom is 0.222 e. The highest BCUT2D eigenvalue weighted by molar-refractivity contribution is 7.89. The molecule has 5 nitrogen and oxygen atoms in total. The van der Waals surface area contributed by atoms with Gasteiger partial charge in [-0.15, -0.1) is 0 Å². The number of hydrogen-bond donors (Lipinski definition) is 1. The fourth-order valence-electron chi connectivity index (χ4n) is 2.75. The van der Waals surface area contributed by atoms with Gasteiger partial charge in [0.1, 0.15) is 0 Å². The Bertz CT molecular complexity index is 380. The van der Waals surface area contributed by atoms with Crippen molar-refractivity contribution in [1.82, 2.24) is 4.90 Å². The molecule has 1 saturated carbocycles. The van der Waals surface area contributed by atoms with Crippen molar-refractivity contribution in [3.8, 4) is 0 Å². The minimum atomic E-state index is -3.42. The summed E-state index contributed by atoms with van der Waals surface area (Å²) >= 11 is 0. The normalized spacial score (nSPS) is 28.7. The number of carbonyl (C=O) groups excluding carboxylic acids is 1. The molecule has 0 aromatic carbocycles. The Hall–Kier alpha value is -0.620. The van der Waals surface area contributed by atoms with Crippen LogP contribution in [0.1, 0.15) is 32.1 Å². The lowest BCUT2D eigenvalue weighted by atomic mass is 9.91. The molecule has 1 heterocycles. The first-order valence-corrected chi connectivity index (χ1v) is 7.49. The second-order valence-corrected chi connectivity index (χ2v) is 6.51. The van der Waals surface area contributed by atoms with Gasteiger partial charge in [-0.1, -0.05) is 6.42 Å². The standard InChI is InChI=1S/C10H18N2O3S/c11-16(14,15)6-2-5-10(13)12-7-8-3-1-4-9(8)12/h8-9H,1-7H2,(H2,11,14,15)/t8-,9-/m0/s1. The van der Waals surface area contributed by atoms with Crippen LogP contribution in [-0.2, 0) is 14.8 Å². The molecule has 6 heteroatoms. The fraction of sp³-hybridized carbons (Fsp3) is 0.900. The number of amides is 1. The largest absolute Gasteiger partial charge is 0.339 e. The van der Waals surface area contributed by atoms with Gasteiger partial charge in [0.05, 0.1) is 5.75 Å². The fourth-order valence-corrected chi connectivity index (χ4v) is 3.29. The number of sulfonamides is 1. The summed E-state index contributed by atoms with van der Waals surface area (Å²) in [5.74, 6) is 0.703. The van der Waals surface area contributed by atoms with Crippen LogP contribution >= 0.6 is 0 Å². The minimum Gasteiger partial charge on any atom is -0.339 e. The molecule has 0 unspecified atom stereocenters. The van der Waals surface area contributed by atoms with Crippen molar-refractivity contribution >= 4 is 15.9 Å². The van der Waals surface area contributed by atoms with E-state index >= 15 is 0 Å². The smallest absolute Gasteiger partial charge is 0.222 e. The van der Waals surface area contributed by atoms with E-state index in [0.29, 0.717) is 24.8 Å². The van der Waals surface area contributed by atoms with Crippen molar-refractivity contribution in [3.05, 3.63) is 0 Å². The lowest BCUT2D eigenvalue weighted by Gasteiger charge is -2.44. The van der Waals surface area contributed by atoms with Gasteiger partial charge in [0.25, 0.3) is 0 Å². The zero-order valence-corrected chi connectivity index (χ0v) is 10.1. The lowest BCUT2D eigenvalue weighted by Crippen LogP contribution is -2.55. The highest BCUT2D eigenvalue weighted by Gasteiger charge is 2.43. The van der Waals surface area contributed by atoms with Crippen LogP contribution < -0.4 is 5.14 Å². The van der Waals surface area contributed by atoms with E-state index in [2.05, 4.69) is 0 Å². The van der Waals surface area contributed by atoms with Gasteiger partial charge in [-0.3, -0.25) is 4.79 Å². The van der Waals surface area contributed by atoms with Crippen LogP contribution in [0.4, 0.5) is 0 Å². The van der Waals surface area contributed by atoms with E-state index in [1.54, 1.807) is 0 Å². The van der Waals surface area contributed by atoms with Crippen LogP contribution in [-0.4, -0.2) is 37.6 Å². The second-order valence-electron chi connectivity index (χ2n) is 4.77. The van der Waals surface area contributed by atoms with Crippen molar-refractivity contribution in [2.45, 2.75) is 38.1 Å².